The maximum Gasteiger partial charge on any atom is 0.261 e. The number of nitrogens with one attached hydrogen (secondary N) is 1. The molecule has 0 aliphatic carbocycles. The monoisotopic (exact) mass is 485 g/mol. The Bertz CT molecular complexity index is 1180. The lowest BCUT2D eigenvalue weighted by Gasteiger charge is -2.36. The van der Waals surface area contributed by atoms with Gasteiger partial charge in [-0.2, -0.15) is 0 Å². The quantitative estimate of drug-likeness (QED) is 0.549. The minimum absolute atomic E-state index is 0.0909. The van der Waals surface area contributed by atoms with Gasteiger partial charge < -0.3 is 14.5 Å². The summed E-state index contributed by atoms with van der Waals surface area (Å²) in [4.78, 5) is 16.7. The van der Waals surface area contributed by atoms with Gasteiger partial charge in [-0.25, -0.2) is 8.42 Å². The molecule has 0 radical (unpaired) electrons. The van der Waals surface area contributed by atoms with Gasteiger partial charge in [0.25, 0.3) is 15.9 Å². The molecule has 172 valence electrons. The Hall–Kier alpha value is -3.23. The van der Waals surface area contributed by atoms with E-state index in [0.29, 0.717) is 29.5 Å². The number of carbonyl (C=O) groups is 1. The molecule has 9 heteroatoms. The largest absolute Gasteiger partial charge is 0.484 e. The average molecular weight is 486 g/mol. The van der Waals surface area contributed by atoms with Crippen LogP contribution in [0.25, 0.3) is 0 Å². The second-order valence-electron chi connectivity index (χ2n) is 7.58. The number of nitrogens with zero attached hydrogens (tertiary/aromatic N) is 2. The molecule has 3 aromatic carbocycles. The molecule has 1 amide bonds. The summed E-state index contributed by atoms with van der Waals surface area (Å²) in [6.45, 7) is 2.70. The van der Waals surface area contributed by atoms with E-state index in [1.54, 1.807) is 29.2 Å². The number of carbonyl (C=O) groups excluding carboxylic acids is 1. The Morgan fingerprint density at radius 1 is 0.879 bits per heavy atom. The second-order valence-corrected chi connectivity index (χ2v) is 9.69. The highest BCUT2D eigenvalue weighted by Crippen LogP contribution is 2.21. The number of hydrogen-bond donors (Lipinski definition) is 1. The molecule has 1 heterocycles. The van der Waals surface area contributed by atoms with E-state index in [2.05, 4.69) is 21.8 Å². The van der Waals surface area contributed by atoms with Crippen LogP contribution < -0.4 is 14.4 Å². The van der Waals surface area contributed by atoms with Gasteiger partial charge in [-0.3, -0.25) is 9.52 Å². The summed E-state index contributed by atoms with van der Waals surface area (Å²) in [5.41, 5.74) is 1.57. The zero-order chi connectivity index (χ0) is 23.3. The lowest BCUT2D eigenvalue weighted by molar-refractivity contribution is -0.133. The molecule has 0 atom stereocenters. The van der Waals surface area contributed by atoms with Crippen molar-refractivity contribution in [1.29, 1.82) is 0 Å². The highest BCUT2D eigenvalue weighted by Gasteiger charge is 2.21. The van der Waals surface area contributed by atoms with Crippen molar-refractivity contribution in [1.82, 2.24) is 4.90 Å². The Balaban J connectivity index is 1.28. The van der Waals surface area contributed by atoms with Crippen LogP contribution in [0.2, 0.25) is 5.02 Å². The number of hydrogen-bond acceptors (Lipinski definition) is 5. The smallest absolute Gasteiger partial charge is 0.261 e. The highest BCUT2D eigenvalue weighted by molar-refractivity contribution is 7.92. The SMILES string of the molecule is O=C(COc1ccc(S(=O)(=O)Nc2ccc(Cl)cc2)cc1)N1CCN(c2ccccc2)CC1. The standard InChI is InChI=1S/C24H24ClN3O4S/c25-19-6-8-20(9-7-19)26-33(30,31)23-12-10-22(11-13-23)32-18-24(29)28-16-14-27(15-17-28)21-4-2-1-3-5-21/h1-13,26H,14-18H2. The molecule has 0 unspecified atom stereocenters. The van der Waals surface area contributed by atoms with Crippen LogP contribution in [0.3, 0.4) is 0 Å². The normalized spacial score (nSPS) is 14.1. The van der Waals surface area contributed by atoms with Crippen molar-refractivity contribution in [3.05, 3.63) is 83.9 Å². The lowest BCUT2D eigenvalue weighted by atomic mass is 10.2. The molecule has 7 nitrogen and oxygen atoms in total. The Morgan fingerprint density at radius 2 is 1.52 bits per heavy atom. The van der Waals surface area contributed by atoms with Crippen molar-refractivity contribution in [2.75, 3.05) is 42.4 Å². The van der Waals surface area contributed by atoms with Crippen LogP contribution in [0.1, 0.15) is 0 Å². The molecule has 1 aliphatic rings. The van der Waals surface area contributed by atoms with Crippen molar-refractivity contribution in [2.45, 2.75) is 4.90 Å². The van der Waals surface area contributed by atoms with E-state index in [1.165, 1.54) is 24.3 Å². The number of para-hydroxylation sites is 1. The second kappa shape index (κ2) is 10.1. The Morgan fingerprint density at radius 3 is 2.15 bits per heavy atom. The van der Waals surface area contributed by atoms with Crippen LogP contribution in [0, 0.1) is 0 Å². The molecule has 0 spiro atoms. The van der Waals surface area contributed by atoms with Gasteiger partial charge in [-0.1, -0.05) is 29.8 Å². The minimum atomic E-state index is -3.75. The van der Waals surface area contributed by atoms with Crippen LogP contribution in [0.15, 0.2) is 83.8 Å². The first-order valence-corrected chi connectivity index (χ1v) is 12.4. The highest BCUT2D eigenvalue weighted by atomic mass is 35.5. The van der Waals surface area contributed by atoms with E-state index in [-0.39, 0.29) is 17.4 Å². The van der Waals surface area contributed by atoms with Gasteiger partial charge in [0, 0.05) is 42.6 Å². The third-order valence-corrected chi connectivity index (χ3v) is 7.00. The summed E-state index contributed by atoms with van der Waals surface area (Å²) in [5.74, 6) is 0.334. The van der Waals surface area contributed by atoms with Crippen LogP contribution in [-0.2, 0) is 14.8 Å². The number of benzene rings is 3. The van der Waals surface area contributed by atoms with E-state index >= 15 is 0 Å². The zero-order valence-electron chi connectivity index (χ0n) is 17.9. The van der Waals surface area contributed by atoms with Crippen molar-refractivity contribution < 1.29 is 17.9 Å². The Labute approximate surface area is 198 Å². The van der Waals surface area contributed by atoms with Gasteiger partial charge in [-0.05, 0) is 60.7 Å². The molecule has 33 heavy (non-hydrogen) atoms. The number of rotatable bonds is 7. The molecular formula is C24H24ClN3O4S. The summed E-state index contributed by atoms with van der Waals surface area (Å²) >= 11 is 5.83. The first kappa shape index (κ1) is 22.9. The summed E-state index contributed by atoms with van der Waals surface area (Å²) in [7, 11) is -3.75. The maximum atomic E-state index is 12.5. The molecule has 3 aromatic rings. The van der Waals surface area contributed by atoms with E-state index in [9.17, 15) is 13.2 Å². The van der Waals surface area contributed by atoms with E-state index in [1.807, 2.05) is 18.2 Å². The molecule has 0 bridgehead atoms. The van der Waals surface area contributed by atoms with Gasteiger partial charge in [-0.15, -0.1) is 0 Å². The molecule has 0 saturated carbocycles. The predicted octanol–water partition coefficient (Wildman–Crippen LogP) is 3.87. The summed E-state index contributed by atoms with van der Waals surface area (Å²) in [6, 6.07) is 22.5. The Kier molecular flexibility index (Phi) is 7.05. The number of ether oxygens (including phenoxy) is 1. The fourth-order valence-corrected chi connectivity index (χ4v) is 4.72. The molecule has 4 rings (SSSR count). The minimum Gasteiger partial charge on any atom is -0.484 e. The van der Waals surface area contributed by atoms with Crippen molar-refractivity contribution in [2.24, 2.45) is 0 Å². The zero-order valence-corrected chi connectivity index (χ0v) is 19.4. The number of anilines is 2. The lowest BCUT2D eigenvalue weighted by Crippen LogP contribution is -2.50. The van der Waals surface area contributed by atoms with E-state index in [4.69, 9.17) is 16.3 Å². The van der Waals surface area contributed by atoms with Gasteiger partial charge in [0.2, 0.25) is 0 Å². The van der Waals surface area contributed by atoms with Gasteiger partial charge in [0.05, 0.1) is 4.90 Å². The maximum absolute atomic E-state index is 12.5. The molecule has 1 saturated heterocycles. The number of sulfonamides is 1. The fraction of sp³-hybridized carbons (Fsp3) is 0.208. The summed E-state index contributed by atoms with van der Waals surface area (Å²) in [5, 5.41) is 0.520. The topological polar surface area (TPSA) is 78.9 Å². The fourth-order valence-electron chi connectivity index (χ4n) is 3.54. The average Bonchev–Trinajstić information content (AvgIpc) is 2.85. The number of amides is 1. The molecular weight excluding hydrogens is 462 g/mol. The van der Waals surface area contributed by atoms with Crippen LogP contribution in [0.4, 0.5) is 11.4 Å². The summed E-state index contributed by atoms with van der Waals surface area (Å²) in [6.07, 6.45) is 0. The first-order valence-electron chi connectivity index (χ1n) is 10.5. The third kappa shape index (κ3) is 5.97. The van der Waals surface area contributed by atoms with E-state index in [0.717, 1.165) is 18.8 Å². The van der Waals surface area contributed by atoms with Crippen LogP contribution >= 0.6 is 11.6 Å². The van der Waals surface area contributed by atoms with Crippen molar-refractivity contribution >= 4 is 38.9 Å². The van der Waals surface area contributed by atoms with Crippen LogP contribution in [-0.4, -0.2) is 52.0 Å². The molecule has 1 fully saturated rings. The molecule has 0 aromatic heterocycles. The molecule has 1 N–H and O–H groups in total. The van der Waals surface area contributed by atoms with Crippen LogP contribution in [0.5, 0.6) is 5.75 Å². The number of piperazine rings is 1. The molecule has 1 aliphatic heterocycles. The number of halogens is 1. The van der Waals surface area contributed by atoms with Gasteiger partial charge in [0.1, 0.15) is 5.75 Å². The van der Waals surface area contributed by atoms with Crippen molar-refractivity contribution in [3.8, 4) is 5.75 Å². The van der Waals surface area contributed by atoms with Gasteiger partial charge in [0.15, 0.2) is 6.61 Å². The first-order chi connectivity index (χ1) is 15.9. The predicted molar refractivity (Wildman–Crippen MR) is 129 cm³/mol. The van der Waals surface area contributed by atoms with Crippen molar-refractivity contribution in [3.63, 3.8) is 0 Å². The van der Waals surface area contributed by atoms with Gasteiger partial charge >= 0.3 is 0 Å². The van der Waals surface area contributed by atoms with E-state index < -0.39 is 10.0 Å². The summed E-state index contributed by atoms with van der Waals surface area (Å²) < 4.78 is 33.2. The third-order valence-electron chi connectivity index (χ3n) is 5.35.